The van der Waals surface area contributed by atoms with Gasteiger partial charge in [-0.3, -0.25) is 4.79 Å². The van der Waals surface area contributed by atoms with E-state index in [1.165, 1.54) is 6.21 Å². The van der Waals surface area contributed by atoms with Crippen LogP contribution in [-0.4, -0.2) is 31.3 Å². The van der Waals surface area contributed by atoms with Crippen molar-refractivity contribution in [3.8, 4) is 17.1 Å². The molecule has 0 aliphatic heterocycles. The summed E-state index contributed by atoms with van der Waals surface area (Å²) in [5.74, 6) is 1.01. The van der Waals surface area contributed by atoms with Crippen molar-refractivity contribution in [2.45, 2.75) is 20.8 Å². The molecule has 1 aromatic heterocycles. The standard InChI is InChI=1S/C24H24N2O5/c1-4-29-24(28)19-8-6-18(7-9-19)22-12-10-20(31-22)14-25-26-23(27)15-30-21-11-5-16(2)13-17(21)3/h5-14H,4,15H2,1-3H3,(H,26,27)/b25-14-. The van der Waals surface area contributed by atoms with E-state index in [1.54, 1.807) is 43.3 Å². The summed E-state index contributed by atoms with van der Waals surface area (Å²) in [6.07, 6.45) is 1.41. The Kier molecular flexibility index (Phi) is 7.22. The zero-order valence-corrected chi connectivity index (χ0v) is 17.7. The Bertz CT molecular complexity index is 1080. The molecule has 0 saturated carbocycles. The predicted octanol–water partition coefficient (Wildman–Crippen LogP) is 4.27. The minimum Gasteiger partial charge on any atom is -0.483 e. The van der Waals surface area contributed by atoms with Crippen LogP contribution in [0, 0.1) is 13.8 Å². The lowest BCUT2D eigenvalue weighted by Gasteiger charge is -2.08. The van der Waals surface area contributed by atoms with Gasteiger partial charge in [0.2, 0.25) is 0 Å². The van der Waals surface area contributed by atoms with Crippen LogP contribution < -0.4 is 10.2 Å². The summed E-state index contributed by atoms with van der Waals surface area (Å²) in [5, 5.41) is 3.90. The smallest absolute Gasteiger partial charge is 0.338 e. The Hall–Kier alpha value is -3.87. The Labute approximate surface area is 180 Å². The van der Waals surface area contributed by atoms with Gasteiger partial charge in [0.15, 0.2) is 6.61 Å². The van der Waals surface area contributed by atoms with Crippen molar-refractivity contribution in [2.75, 3.05) is 13.2 Å². The van der Waals surface area contributed by atoms with Crippen LogP contribution >= 0.6 is 0 Å². The SMILES string of the molecule is CCOC(=O)c1ccc(-c2ccc(/C=N\NC(=O)COc3ccc(C)cc3C)o2)cc1. The van der Waals surface area contributed by atoms with Crippen LogP contribution in [0.5, 0.6) is 5.75 Å². The number of nitrogens with one attached hydrogen (secondary N) is 1. The number of carbonyl (C=O) groups excluding carboxylic acids is 2. The number of aryl methyl sites for hydroxylation is 2. The van der Waals surface area contributed by atoms with Crippen LogP contribution in [0.15, 0.2) is 64.1 Å². The second-order valence-electron chi connectivity index (χ2n) is 6.85. The van der Waals surface area contributed by atoms with Crippen molar-refractivity contribution in [3.63, 3.8) is 0 Å². The maximum absolute atomic E-state index is 11.9. The fraction of sp³-hybridized carbons (Fsp3) is 0.208. The molecule has 2 aromatic carbocycles. The molecule has 0 aliphatic rings. The number of ether oxygens (including phenoxy) is 2. The fourth-order valence-electron chi connectivity index (χ4n) is 2.87. The molecule has 0 atom stereocenters. The molecule has 7 nitrogen and oxygen atoms in total. The summed E-state index contributed by atoms with van der Waals surface area (Å²) in [4.78, 5) is 23.6. The lowest BCUT2D eigenvalue weighted by molar-refractivity contribution is -0.123. The molecule has 0 saturated heterocycles. The van der Waals surface area contributed by atoms with Crippen molar-refractivity contribution >= 4 is 18.1 Å². The molecule has 160 valence electrons. The average molecular weight is 420 g/mol. The second-order valence-corrected chi connectivity index (χ2v) is 6.85. The summed E-state index contributed by atoms with van der Waals surface area (Å²) in [5.41, 5.74) is 5.79. The summed E-state index contributed by atoms with van der Waals surface area (Å²) >= 11 is 0. The molecule has 3 rings (SSSR count). The highest BCUT2D eigenvalue weighted by Gasteiger charge is 2.09. The first-order valence-electron chi connectivity index (χ1n) is 9.85. The van der Waals surface area contributed by atoms with E-state index in [9.17, 15) is 9.59 Å². The van der Waals surface area contributed by atoms with E-state index >= 15 is 0 Å². The quantitative estimate of drug-likeness (QED) is 0.334. The van der Waals surface area contributed by atoms with Gasteiger partial charge in [-0.2, -0.15) is 5.10 Å². The number of furan rings is 1. The number of hydrazone groups is 1. The highest BCUT2D eigenvalue weighted by Crippen LogP contribution is 2.22. The second kappa shape index (κ2) is 10.2. The van der Waals surface area contributed by atoms with Gasteiger partial charge in [-0.15, -0.1) is 0 Å². The summed E-state index contributed by atoms with van der Waals surface area (Å²) < 4.78 is 16.2. The molecule has 7 heteroatoms. The van der Waals surface area contributed by atoms with Crippen molar-refractivity contribution < 1.29 is 23.5 Å². The summed E-state index contributed by atoms with van der Waals surface area (Å²) in [6.45, 7) is 5.87. The minimum atomic E-state index is -0.377. The van der Waals surface area contributed by atoms with E-state index in [2.05, 4.69) is 10.5 Å². The molecule has 1 N–H and O–H groups in total. The molecule has 0 radical (unpaired) electrons. The first-order valence-corrected chi connectivity index (χ1v) is 9.85. The Morgan fingerprint density at radius 3 is 2.55 bits per heavy atom. The van der Waals surface area contributed by atoms with Crippen LogP contribution in [-0.2, 0) is 9.53 Å². The van der Waals surface area contributed by atoms with E-state index in [-0.39, 0.29) is 18.5 Å². The third kappa shape index (κ3) is 6.05. The van der Waals surface area contributed by atoms with E-state index in [0.717, 1.165) is 16.7 Å². The molecular formula is C24H24N2O5. The first kappa shape index (κ1) is 21.8. The van der Waals surface area contributed by atoms with Crippen LogP contribution in [0.3, 0.4) is 0 Å². The van der Waals surface area contributed by atoms with Crippen LogP contribution in [0.25, 0.3) is 11.3 Å². The van der Waals surface area contributed by atoms with Gasteiger partial charge in [0, 0.05) is 5.56 Å². The summed E-state index contributed by atoms with van der Waals surface area (Å²) in [6, 6.07) is 16.2. The van der Waals surface area contributed by atoms with Gasteiger partial charge in [0.05, 0.1) is 18.4 Å². The number of carbonyl (C=O) groups is 2. The van der Waals surface area contributed by atoms with Gasteiger partial charge in [0.1, 0.15) is 17.3 Å². The van der Waals surface area contributed by atoms with Crippen molar-refractivity contribution in [3.05, 3.63) is 77.0 Å². The number of esters is 1. The zero-order chi connectivity index (χ0) is 22.2. The van der Waals surface area contributed by atoms with Gasteiger partial charge in [-0.05, 0) is 56.7 Å². The molecule has 0 unspecified atom stereocenters. The Morgan fingerprint density at radius 1 is 1.06 bits per heavy atom. The van der Waals surface area contributed by atoms with Gasteiger partial charge >= 0.3 is 5.97 Å². The Morgan fingerprint density at radius 2 is 1.84 bits per heavy atom. The Balaban J connectivity index is 1.52. The molecule has 0 aliphatic carbocycles. The van der Waals surface area contributed by atoms with E-state index in [0.29, 0.717) is 29.4 Å². The highest BCUT2D eigenvalue weighted by atomic mass is 16.5. The number of amides is 1. The third-order valence-corrected chi connectivity index (χ3v) is 4.38. The molecule has 31 heavy (non-hydrogen) atoms. The molecule has 1 amide bonds. The lowest BCUT2D eigenvalue weighted by atomic mass is 10.1. The van der Waals surface area contributed by atoms with Crippen LogP contribution in [0.1, 0.15) is 34.2 Å². The topological polar surface area (TPSA) is 90.1 Å². The normalized spacial score (nSPS) is 10.8. The van der Waals surface area contributed by atoms with Gasteiger partial charge in [-0.1, -0.05) is 29.8 Å². The number of hydrogen-bond acceptors (Lipinski definition) is 6. The minimum absolute atomic E-state index is 0.141. The first-order chi connectivity index (χ1) is 15.0. The van der Waals surface area contributed by atoms with E-state index < -0.39 is 0 Å². The molecule has 3 aromatic rings. The van der Waals surface area contributed by atoms with Gasteiger partial charge in [0.25, 0.3) is 5.91 Å². The average Bonchev–Trinajstić information content (AvgIpc) is 3.22. The maximum atomic E-state index is 11.9. The van der Waals surface area contributed by atoms with Gasteiger partial charge in [-0.25, -0.2) is 10.2 Å². The van der Waals surface area contributed by atoms with E-state index in [1.807, 2.05) is 32.0 Å². The number of hydrogen-bond donors (Lipinski definition) is 1. The summed E-state index contributed by atoms with van der Waals surface area (Å²) in [7, 11) is 0. The van der Waals surface area contributed by atoms with Crippen molar-refractivity contribution in [1.29, 1.82) is 0 Å². The molecule has 1 heterocycles. The molecule has 0 bridgehead atoms. The van der Waals surface area contributed by atoms with Crippen LogP contribution in [0.4, 0.5) is 0 Å². The molecule has 0 spiro atoms. The fourth-order valence-corrected chi connectivity index (χ4v) is 2.87. The molecular weight excluding hydrogens is 396 g/mol. The van der Waals surface area contributed by atoms with Crippen LogP contribution in [0.2, 0.25) is 0 Å². The largest absolute Gasteiger partial charge is 0.483 e. The van der Waals surface area contributed by atoms with Crippen molar-refractivity contribution in [2.24, 2.45) is 5.10 Å². The third-order valence-electron chi connectivity index (χ3n) is 4.38. The monoisotopic (exact) mass is 420 g/mol. The highest BCUT2D eigenvalue weighted by molar-refractivity contribution is 5.90. The molecule has 0 fully saturated rings. The van der Waals surface area contributed by atoms with Gasteiger partial charge < -0.3 is 13.9 Å². The number of nitrogens with zero attached hydrogens (tertiary/aromatic N) is 1. The van der Waals surface area contributed by atoms with Crippen molar-refractivity contribution in [1.82, 2.24) is 5.43 Å². The zero-order valence-electron chi connectivity index (χ0n) is 17.7. The number of rotatable bonds is 8. The predicted molar refractivity (Wildman–Crippen MR) is 117 cm³/mol. The number of benzene rings is 2. The van der Waals surface area contributed by atoms with E-state index in [4.69, 9.17) is 13.9 Å². The maximum Gasteiger partial charge on any atom is 0.338 e. The lowest BCUT2D eigenvalue weighted by Crippen LogP contribution is -2.24.